The lowest BCUT2D eigenvalue weighted by molar-refractivity contribution is -0.275. The molecule has 10 heteroatoms. The van der Waals surface area contributed by atoms with Crippen molar-refractivity contribution in [1.29, 1.82) is 0 Å². The quantitative estimate of drug-likeness (QED) is 0.643. The highest BCUT2D eigenvalue weighted by atomic mass is 79.9. The van der Waals surface area contributed by atoms with Crippen molar-refractivity contribution in [3.05, 3.63) is 23.0 Å². The van der Waals surface area contributed by atoms with Crippen LogP contribution in [0.1, 0.15) is 23.4 Å². The van der Waals surface area contributed by atoms with E-state index in [1.165, 1.54) is 0 Å². The third-order valence-corrected chi connectivity index (χ3v) is 2.61. The summed E-state index contributed by atoms with van der Waals surface area (Å²) in [5, 5.41) is 8.37. The van der Waals surface area contributed by atoms with Crippen LogP contribution in [0.4, 0.5) is 22.0 Å². The summed E-state index contributed by atoms with van der Waals surface area (Å²) in [6.45, 7) is 0. The molecule has 0 spiro atoms. The Morgan fingerprint density at radius 3 is 2.40 bits per heavy atom. The molecule has 4 nitrogen and oxygen atoms in total. The first kappa shape index (κ1) is 16.6. The number of carboxylic acid groups (broad SMARTS) is 1. The zero-order valence-electron chi connectivity index (χ0n) is 9.55. The van der Waals surface area contributed by atoms with Crippen molar-refractivity contribution >= 4 is 21.9 Å². The van der Waals surface area contributed by atoms with E-state index < -0.39 is 42.2 Å². The predicted molar refractivity (Wildman–Crippen MR) is 59.8 cm³/mol. The van der Waals surface area contributed by atoms with Crippen LogP contribution in [0.5, 0.6) is 5.75 Å². The predicted octanol–water partition coefficient (Wildman–Crippen LogP) is 3.44. The molecule has 0 fully saturated rings. The topological polar surface area (TPSA) is 59.4 Å². The minimum Gasteiger partial charge on any atom is -0.481 e. The van der Waals surface area contributed by atoms with Crippen molar-refractivity contribution in [3.63, 3.8) is 0 Å². The van der Waals surface area contributed by atoms with Crippen molar-refractivity contribution < 1.29 is 36.6 Å². The van der Waals surface area contributed by atoms with Gasteiger partial charge in [0.05, 0.1) is 17.8 Å². The van der Waals surface area contributed by atoms with Crippen LogP contribution in [0.2, 0.25) is 0 Å². The summed E-state index contributed by atoms with van der Waals surface area (Å²) in [5.41, 5.74) is -1.73. The summed E-state index contributed by atoms with van der Waals surface area (Å²) in [4.78, 5) is 14.1. The van der Waals surface area contributed by atoms with Gasteiger partial charge >= 0.3 is 12.3 Å². The van der Waals surface area contributed by atoms with Gasteiger partial charge in [0.2, 0.25) is 0 Å². The van der Waals surface area contributed by atoms with Gasteiger partial charge in [0.25, 0.3) is 6.43 Å². The normalized spacial score (nSPS) is 11.8. The third-order valence-electron chi connectivity index (χ3n) is 2.08. The molecule has 0 saturated heterocycles. The molecule has 1 heterocycles. The fourth-order valence-corrected chi connectivity index (χ4v) is 1.77. The minimum atomic E-state index is -5.06. The lowest BCUT2D eigenvalue weighted by atomic mass is 10.1. The van der Waals surface area contributed by atoms with E-state index in [0.717, 1.165) is 0 Å². The van der Waals surface area contributed by atoms with Gasteiger partial charge in [-0.15, -0.1) is 13.2 Å². The number of aromatic nitrogens is 1. The largest absolute Gasteiger partial charge is 0.573 e. The van der Waals surface area contributed by atoms with Crippen LogP contribution in [-0.4, -0.2) is 22.4 Å². The standard InChI is InChI=1S/C10H7BrF5NO3/c11-3-6-7(20-10(14,15)16)1-4(9(12)13)5(17-6)2-8(18)19/h1,9H,2-3H2,(H,18,19). The Morgan fingerprint density at radius 1 is 1.40 bits per heavy atom. The second kappa shape index (κ2) is 6.33. The zero-order valence-corrected chi connectivity index (χ0v) is 11.1. The number of carboxylic acids is 1. The summed E-state index contributed by atoms with van der Waals surface area (Å²) in [7, 11) is 0. The summed E-state index contributed by atoms with van der Waals surface area (Å²) >= 11 is 2.83. The molecule has 0 aliphatic heterocycles. The van der Waals surface area contributed by atoms with Crippen LogP contribution in [-0.2, 0) is 16.5 Å². The van der Waals surface area contributed by atoms with Gasteiger partial charge in [0.15, 0.2) is 5.75 Å². The fourth-order valence-electron chi connectivity index (χ4n) is 1.37. The van der Waals surface area contributed by atoms with Gasteiger partial charge in [-0.2, -0.15) is 0 Å². The average Bonchev–Trinajstić information content (AvgIpc) is 2.27. The first-order chi connectivity index (χ1) is 9.14. The second-order valence-electron chi connectivity index (χ2n) is 3.52. The van der Waals surface area contributed by atoms with E-state index in [9.17, 15) is 26.7 Å². The molecule has 0 saturated carbocycles. The van der Waals surface area contributed by atoms with Gasteiger partial charge in [-0.1, -0.05) is 15.9 Å². The number of alkyl halides is 6. The molecule has 0 unspecified atom stereocenters. The van der Waals surface area contributed by atoms with Crippen molar-refractivity contribution in [1.82, 2.24) is 4.98 Å². The second-order valence-corrected chi connectivity index (χ2v) is 4.08. The molecule has 112 valence electrons. The van der Waals surface area contributed by atoms with E-state index in [2.05, 4.69) is 25.7 Å². The maximum absolute atomic E-state index is 12.7. The number of pyridine rings is 1. The van der Waals surface area contributed by atoms with Gasteiger partial charge in [0, 0.05) is 10.9 Å². The molecule has 1 rings (SSSR count). The molecule has 0 atom stereocenters. The monoisotopic (exact) mass is 363 g/mol. The van der Waals surface area contributed by atoms with Crippen molar-refractivity contribution in [2.24, 2.45) is 0 Å². The number of rotatable bonds is 5. The van der Waals surface area contributed by atoms with Gasteiger partial charge in [-0.05, 0) is 6.07 Å². The molecule has 0 bridgehead atoms. The Hall–Kier alpha value is -1.45. The van der Waals surface area contributed by atoms with Gasteiger partial charge < -0.3 is 9.84 Å². The molecule has 0 aliphatic rings. The lowest BCUT2D eigenvalue weighted by Gasteiger charge is -2.15. The van der Waals surface area contributed by atoms with E-state index in [1.54, 1.807) is 0 Å². The number of nitrogens with zero attached hydrogens (tertiary/aromatic N) is 1. The number of carbonyl (C=O) groups is 1. The van der Waals surface area contributed by atoms with Crippen LogP contribution in [0.3, 0.4) is 0 Å². The Morgan fingerprint density at radius 2 is 2.00 bits per heavy atom. The van der Waals surface area contributed by atoms with Gasteiger partial charge in [-0.25, -0.2) is 8.78 Å². The number of hydrogen-bond donors (Lipinski definition) is 1. The Labute approximate surface area is 117 Å². The molecule has 1 aromatic heterocycles. The summed E-state index contributed by atoms with van der Waals surface area (Å²) in [6.07, 6.45) is -9.06. The highest BCUT2D eigenvalue weighted by Crippen LogP contribution is 2.32. The fraction of sp³-hybridized carbons (Fsp3) is 0.400. The van der Waals surface area contributed by atoms with Crippen molar-refractivity contribution in [3.8, 4) is 5.75 Å². The lowest BCUT2D eigenvalue weighted by Crippen LogP contribution is -2.19. The SMILES string of the molecule is O=C(O)Cc1nc(CBr)c(OC(F)(F)F)cc1C(F)F. The Balaban J connectivity index is 3.32. The number of hydrogen-bond acceptors (Lipinski definition) is 3. The van der Waals surface area contributed by atoms with Crippen LogP contribution >= 0.6 is 15.9 Å². The Bertz CT molecular complexity index is 506. The molecule has 0 aliphatic carbocycles. The molecule has 1 N–H and O–H groups in total. The van der Waals surface area contributed by atoms with Crippen LogP contribution in [0, 0.1) is 0 Å². The van der Waals surface area contributed by atoms with Gasteiger partial charge in [-0.3, -0.25) is 9.78 Å². The van der Waals surface area contributed by atoms with E-state index in [0.29, 0.717) is 6.07 Å². The van der Waals surface area contributed by atoms with E-state index >= 15 is 0 Å². The summed E-state index contributed by atoms with van der Waals surface area (Å²) < 4.78 is 65.6. The zero-order chi connectivity index (χ0) is 15.5. The van der Waals surface area contributed by atoms with Gasteiger partial charge in [0.1, 0.15) is 0 Å². The molecule has 1 aromatic rings. The average molecular weight is 364 g/mol. The van der Waals surface area contributed by atoms with Crippen LogP contribution in [0.15, 0.2) is 6.07 Å². The third kappa shape index (κ3) is 4.58. The first-order valence-corrected chi connectivity index (χ1v) is 6.10. The number of aliphatic carboxylic acids is 1. The maximum atomic E-state index is 12.7. The number of ether oxygens (including phenoxy) is 1. The number of halogens is 6. The first-order valence-electron chi connectivity index (χ1n) is 4.98. The molecule has 0 aromatic carbocycles. The van der Waals surface area contributed by atoms with Crippen LogP contribution in [0.25, 0.3) is 0 Å². The summed E-state index contributed by atoms with van der Waals surface area (Å²) in [5.74, 6) is -2.32. The maximum Gasteiger partial charge on any atom is 0.573 e. The van der Waals surface area contributed by atoms with Crippen LogP contribution < -0.4 is 4.74 Å². The highest BCUT2D eigenvalue weighted by molar-refractivity contribution is 9.08. The minimum absolute atomic E-state index is 0.214. The van der Waals surface area contributed by atoms with E-state index in [1.807, 2.05) is 0 Å². The smallest absolute Gasteiger partial charge is 0.481 e. The molecule has 20 heavy (non-hydrogen) atoms. The van der Waals surface area contributed by atoms with E-state index in [4.69, 9.17) is 5.11 Å². The highest BCUT2D eigenvalue weighted by Gasteiger charge is 2.33. The van der Waals surface area contributed by atoms with E-state index in [-0.39, 0.29) is 11.0 Å². The van der Waals surface area contributed by atoms with Crippen molar-refractivity contribution in [2.75, 3.05) is 0 Å². The van der Waals surface area contributed by atoms with Crippen molar-refractivity contribution in [2.45, 2.75) is 24.5 Å². The Kier molecular flexibility index (Phi) is 5.26. The molecule has 0 amide bonds. The molecule has 0 radical (unpaired) electrons. The molecular formula is C10H7BrF5NO3. The molecular weight excluding hydrogens is 357 g/mol. The summed E-state index contributed by atoms with van der Waals surface area (Å²) in [6, 6.07) is 0.458.